The average molecular weight is 593 g/mol. The number of ether oxygens (including phenoxy) is 1. The van der Waals surface area contributed by atoms with E-state index in [0.29, 0.717) is 11.3 Å². The lowest BCUT2D eigenvalue weighted by Gasteiger charge is -2.43. The van der Waals surface area contributed by atoms with E-state index in [1.165, 1.54) is 5.57 Å². The number of allylic oxidation sites excluding steroid dienone is 5. The standard InChI is InChI=1S/C40H48O4/c1-20(2)12-11-13-27-24(9)15-17-28-34(27)39(43)38(42)31(23(7)8)35(28)36-30(18-21(3)4)44-40-33-26(16-14-25(10)32(33)36)19-29(22(5)6)37(40)41/h12,14-19,22-23,30,35-36,41-42H,11,13H2,1-10H3/t30-,35+,36?/m0/s1. The van der Waals surface area contributed by atoms with E-state index in [2.05, 4.69) is 112 Å². The van der Waals surface area contributed by atoms with E-state index in [0.717, 1.165) is 68.1 Å². The van der Waals surface area contributed by atoms with Gasteiger partial charge in [0, 0.05) is 28.3 Å². The van der Waals surface area contributed by atoms with Crippen LogP contribution in [0.15, 0.2) is 65.0 Å². The Morgan fingerprint density at radius 1 is 0.932 bits per heavy atom. The maximum Gasteiger partial charge on any atom is 0.227 e. The molecule has 3 aromatic carbocycles. The second-order valence-corrected chi connectivity index (χ2v) is 14.0. The van der Waals surface area contributed by atoms with Crippen LogP contribution in [0.1, 0.15) is 123 Å². The number of rotatable bonds is 7. The van der Waals surface area contributed by atoms with Gasteiger partial charge in [-0.1, -0.05) is 69.2 Å². The van der Waals surface area contributed by atoms with E-state index in [1.807, 2.05) is 0 Å². The average Bonchev–Trinajstić information content (AvgIpc) is 2.93. The Hall–Kier alpha value is -3.79. The zero-order valence-electron chi connectivity index (χ0n) is 28.1. The SMILES string of the molecule is CC(C)=CCCc1c(C)ccc2c1C(=O)C(O)=C(C(C)C)[C@@H]2C1c2c(C)ccc3cc(C(C)C)c(O)c(c23)O[C@H]1C=C(C)C. The number of carbonyl (C=O) groups is 1. The molecule has 0 bridgehead atoms. The molecule has 0 aromatic heterocycles. The summed E-state index contributed by atoms with van der Waals surface area (Å²) in [7, 11) is 0. The van der Waals surface area contributed by atoms with Crippen LogP contribution in [-0.2, 0) is 6.42 Å². The lowest BCUT2D eigenvalue weighted by molar-refractivity contribution is 0.0958. The van der Waals surface area contributed by atoms with Gasteiger partial charge in [-0.15, -0.1) is 0 Å². The van der Waals surface area contributed by atoms with Gasteiger partial charge in [-0.3, -0.25) is 4.79 Å². The molecule has 0 radical (unpaired) electrons. The molecule has 4 heteroatoms. The van der Waals surface area contributed by atoms with Crippen molar-refractivity contribution in [2.75, 3.05) is 0 Å². The molecule has 0 fully saturated rings. The van der Waals surface area contributed by atoms with Crippen molar-refractivity contribution >= 4 is 16.6 Å². The van der Waals surface area contributed by atoms with E-state index in [-0.39, 0.29) is 41.0 Å². The van der Waals surface area contributed by atoms with Gasteiger partial charge < -0.3 is 14.9 Å². The summed E-state index contributed by atoms with van der Waals surface area (Å²) in [6, 6.07) is 10.6. The van der Waals surface area contributed by atoms with Crippen molar-refractivity contribution in [3.8, 4) is 11.5 Å². The third kappa shape index (κ3) is 5.27. The summed E-state index contributed by atoms with van der Waals surface area (Å²) >= 11 is 0. The summed E-state index contributed by atoms with van der Waals surface area (Å²) in [4.78, 5) is 14.1. The van der Waals surface area contributed by atoms with Gasteiger partial charge in [0.05, 0.1) is 0 Å². The Balaban J connectivity index is 1.87. The van der Waals surface area contributed by atoms with Crippen LogP contribution in [0.25, 0.3) is 10.8 Å². The second kappa shape index (κ2) is 12.0. The van der Waals surface area contributed by atoms with E-state index in [9.17, 15) is 15.0 Å². The van der Waals surface area contributed by atoms with Crippen molar-refractivity contribution in [3.63, 3.8) is 0 Å². The zero-order valence-corrected chi connectivity index (χ0v) is 28.1. The third-order valence-electron chi connectivity index (χ3n) is 9.48. The Bertz CT molecular complexity index is 1740. The van der Waals surface area contributed by atoms with Crippen molar-refractivity contribution in [1.29, 1.82) is 0 Å². The van der Waals surface area contributed by atoms with Crippen molar-refractivity contribution in [2.24, 2.45) is 5.92 Å². The highest BCUT2D eigenvalue weighted by Gasteiger charge is 2.47. The van der Waals surface area contributed by atoms with Gasteiger partial charge in [0.2, 0.25) is 5.78 Å². The number of ketones is 1. The smallest absolute Gasteiger partial charge is 0.227 e. The normalized spacial score (nSPS) is 19.4. The fraction of sp³-hybridized carbons (Fsp3) is 0.425. The Morgan fingerprint density at radius 2 is 1.61 bits per heavy atom. The predicted octanol–water partition coefficient (Wildman–Crippen LogP) is 10.4. The highest BCUT2D eigenvalue weighted by Crippen LogP contribution is 2.57. The number of aliphatic hydroxyl groups excluding tert-OH is 1. The van der Waals surface area contributed by atoms with Crippen molar-refractivity contribution in [1.82, 2.24) is 0 Å². The number of aromatic hydroxyl groups is 1. The Morgan fingerprint density at radius 3 is 2.23 bits per heavy atom. The predicted molar refractivity (Wildman–Crippen MR) is 182 cm³/mol. The Kier molecular flexibility index (Phi) is 8.59. The second-order valence-electron chi connectivity index (χ2n) is 14.0. The molecule has 4 nitrogen and oxygen atoms in total. The number of aryl methyl sites for hydroxylation is 2. The first-order valence-corrected chi connectivity index (χ1v) is 16.1. The number of hydrogen-bond donors (Lipinski definition) is 2. The lowest BCUT2D eigenvalue weighted by Crippen LogP contribution is -2.37. The van der Waals surface area contributed by atoms with E-state index < -0.39 is 6.10 Å². The van der Waals surface area contributed by atoms with Gasteiger partial charge in [0.25, 0.3) is 0 Å². The van der Waals surface area contributed by atoms with Crippen LogP contribution in [0, 0.1) is 19.8 Å². The van der Waals surface area contributed by atoms with E-state index in [1.54, 1.807) is 0 Å². The third-order valence-corrected chi connectivity index (χ3v) is 9.48. The number of carbonyl (C=O) groups excluding carboxylic acids is 1. The molecule has 0 spiro atoms. The number of hydrogen-bond acceptors (Lipinski definition) is 4. The van der Waals surface area contributed by atoms with Crippen molar-refractivity contribution < 1.29 is 19.7 Å². The molecular weight excluding hydrogens is 544 g/mol. The first-order chi connectivity index (χ1) is 20.7. The molecule has 0 saturated heterocycles. The van der Waals surface area contributed by atoms with Gasteiger partial charge in [-0.05, 0) is 117 Å². The van der Waals surface area contributed by atoms with Crippen LogP contribution in [0.3, 0.4) is 0 Å². The minimum absolute atomic E-state index is 0.0718. The topological polar surface area (TPSA) is 66.8 Å². The number of aliphatic hydroxyl groups is 1. The lowest BCUT2D eigenvalue weighted by atomic mass is 9.64. The zero-order chi connectivity index (χ0) is 32.2. The molecule has 1 unspecified atom stereocenters. The molecule has 44 heavy (non-hydrogen) atoms. The molecule has 5 rings (SSSR count). The summed E-state index contributed by atoms with van der Waals surface area (Å²) in [6.45, 7) is 20.8. The first-order valence-electron chi connectivity index (χ1n) is 16.1. The highest BCUT2D eigenvalue weighted by atomic mass is 16.5. The minimum Gasteiger partial charge on any atom is -0.504 e. The molecule has 0 saturated carbocycles. The molecule has 3 aromatic rings. The van der Waals surface area contributed by atoms with Gasteiger partial charge in [0.1, 0.15) is 6.10 Å². The minimum atomic E-state index is -0.423. The van der Waals surface area contributed by atoms with Gasteiger partial charge in [-0.2, -0.15) is 0 Å². The number of phenols is 1. The summed E-state index contributed by atoms with van der Waals surface area (Å²) in [6.07, 6.45) is 5.48. The fourth-order valence-corrected chi connectivity index (χ4v) is 7.49. The maximum atomic E-state index is 14.1. The van der Waals surface area contributed by atoms with Crippen molar-refractivity contribution in [2.45, 2.75) is 106 Å². The molecule has 1 aliphatic carbocycles. The summed E-state index contributed by atoms with van der Waals surface area (Å²) in [5, 5.41) is 25.3. The van der Waals surface area contributed by atoms with Crippen LogP contribution >= 0.6 is 0 Å². The molecule has 0 amide bonds. The number of fused-ring (bicyclic) bond motifs is 1. The molecule has 1 heterocycles. The fourth-order valence-electron chi connectivity index (χ4n) is 7.49. The summed E-state index contributed by atoms with van der Waals surface area (Å²) in [5.41, 5.74) is 9.85. The van der Waals surface area contributed by atoms with E-state index in [4.69, 9.17) is 4.74 Å². The van der Waals surface area contributed by atoms with Gasteiger partial charge in [0.15, 0.2) is 17.3 Å². The number of phenolic OH excluding ortho intramolecular Hbond substituents is 1. The largest absolute Gasteiger partial charge is 0.504 e. The van der Waals surface area contributed by atoms with Crippen LogP contribution in [0.2, 0.25) is 0 Å². The number of Topliss-reactive ketones (excluding diaryl/α,β-unsaturated/α-hetero) is 1. The molecule has 3 atom stereocenters. The molecule has 2 N–H and O–H groups in total. The van der Waals surface area contributed by atoms with Gasteiger partial charge >= 0.3 is 0 Å². The number of benzene rings is 3. The highest BCUT2D eigenvalue weighted by molar-refractivity contribution is 6.11. The quantitative estimate of drug-likeness (QED) is 0.268. The van der Waals surface area contributed by atoms with Crippen LogP contribution in [-0.4, -0.2) is 22.1 Å². The molecule has 1 aliphatic heterocycles. The Labute approximate surface area is 263 Å². The first kappa shape index (κ1) is 31.6. The summed E-state index contributed by atoms with van der Waals surface area (Å²) < 4.78 is 6.88. The molecular formula is C40H48O4. The molecule has 232 valence electrons. The summed E-state index contributed by atoms with van der Waals surface area (Å²) in [5.74, 6) is -0.152. The van der Waals surface area contributed by atoms with Crippen LogP contribution < -0.4 is 4.74 Å². The van der Waals surface area contributed by atoms with Gasteiger partial charge in [-0.25, -0.2) is 0 Å². The molecule has 2 aliphatic rings. The van der Waals surface area contributed by atoms with Crippen LogP contribution in [0.4, 0.5) is 0 Å². The van der Waals surface area contributed by atoms with Crippen LogP contribution in [0.5, 0.6) is 11.5 Å². The maximum absolute atomic E-state index is 14.1. The van der Waals surface area contributed by atoms with Crippen molar-refractivity contribution in [3.05, 3.63) is 104 Å². The van der Waals surface area contributed by atoms with E-state index >= 15 is 0 Å². The monoisotopic (exact) mass is 592 g/mol.